The molecule has 0 bridgehead atoms. The maximum atomic E-state index is 12.5. The van der Waals surface area contributed by atoms with Crippen LogP contribution in [0, 0.1) is 0 Å². The van der Waals surface area contributed by atoms with Gasteiger partial charge in [0.25, 0.3) is 0 Å². The summed E-state index contributed by atoms with van der Waals surface area (Å²) >= 11 is 0. The number of rotatable bonds is 1. The van der Waals surface area contributed by atoms with E-state index in [1.807, 2.05) is 0 Å². The zero-order chi connectivity index (χ0) is 14.8. The van der Waals surface area contributed by atoms with Gasteiger partial charge in [-0.2, -0.15) is 13.2 Å². The molecule has 2 amide bonds. The fraction of sp³-hybridized carbons (Fsp3) is 0.462. The molecule has 110 valence electrons. The van der Waals surface area contributed by atoms with Crippen molar-refractivity contribution in [2.24, 2.45) is 0 Å². The Balaban J connectivity index is 2.08. The van der Waals surface area contributed by atoms with Crippen LogP contribution in [0.15, 0.2) is 24.3 Å². The summed E-state index contributed by atoms with van der Waals surface area (Å²) in [5.41, 5.74) is -0.272. The fourth-order valence-electron chi connectivity index (χ4n) is 2.05. The second-order valence-corrected chi connectivity index (χ2v) is 4.62. The first-order chi connectivity index (χ1) is 9.39. The molecule has 20 heavy (non-hydrogen) atoms. The average Bonchev–Trinajstić information content (AvgIpc) is 2.46. The third kappa shape index (κ3) is 3.22. The van der Waals surface area contributed by atoms with Gasteiger partial charge < -0.3 is 10.2 Å². The zero-order valence-electron chi connectivity index (χ0n) is 11.1. The van der Waals surface area contributed by atoms with Crippen molar-refractivity contribution in [1.29, 1.82) is 0 Å². The number of hydrogen-bond acceptors (Lipinski definition) is 2. The molecule has 1 aliphatic rings. The van der Waals surface area contributed by atoms with Gasteiger partial charge in [0.2, 0.25) is 0 Å². The number of urea groups is 1. The highest BCUT2D eigenvalue weighted by Gasteiger charge is 2.30. The molecule has 1 aromatic rings. The quantitative estimate of drug-likeness (QED) is 0.859. The topological polar surface area (TPSA) is 35.6 Å². The number of benzene rings is 1. The average molecular weight is 287 g/mol. The van der Waals surface area contributed by atoms with Gasteiger partial charge in [0.15, 0.2) is 0 Å². The van der Waals surface area contributed by atoms with Crippen molar-refractivity contribution in [2.75, 3.05) is 38.1 Å². The van der Waals surface area contributed by atoms with Gasteiger partial charge in [-0.15, -0.1) is 0 Å². The number of alkyl halides is 3. The third-order valence-corrected chi connectivity index (χ3v) is 3.26. The van der Waals surface area contributed by atoms with Crippen molar-refractivity contribution in [3.05, 3.63) is 29.8 Å². The first kappa shape index (κ1) is 14.6. The van der Waals surface area contributed by atoms with Gasteiger partial charge in [-0.05, 0) is 24.3 Å². The molecular formula is C13H16F3N3O. The molecule has 0 spiro atoms. The number of piperazine rings is 1. The fourth-order valence-corrected chi connectivity index (χ4v) is 2.05. The number of carbonyl (C=O) groups excluding carboxylic acids is 1. The summed E-state index contributed by atoms with van der Waals surface area (Å²) < 4.78 is 37.4. The van der Waals surface area contributed by atoms with Gasteiger partial charge >= 0.3 is 12.2 Å². The van der Waals surface area contributed by atoms with Crippen molar-refractivity contribution in [1.82, 2.24) is 10.2 Å². The molecule has 1 N–H and O–H groups in total. The number of nitrogens with zero attached hydrogens (tertiary/aromatic N) is 2. The highest BCUT2D eigenvalue weighted by atomic mass is 19.4. The first-order valence-corrected chi connectivity index (χ1v) is 6.30. The Kier molecular flexibility index (Phi) is 4.17. The molecule has 1 aromatic carbocycles. The lowest BCUT2D eigenvalue weighted by Gasteiger charge is -2.31. The number of nitrogens with one attached hydrogen (secondary N) is 1. The van der Waals surface area contributed by atoms with Crippen LogP contribution in [0.1, 0.15) is 5.56 Å². The van der Waals surface area contributed by atoms with Crippen molar-refractivity contribution >= 4 is 11.7 Å². The molecule has 7 heteroatoms. The van der Waals surface area contributed by atoms with Crippen molar-refractivity contribution in [3.8, 4) is 0 Å². The Morgan fingerprint density at radius 1 is 1.20 bits per heavy atom. The lowest BCUT2D eigenvalue weighted by Crippen LogP contribution is -2.50. The standard InChI is InChI=1S/C13H16F3N3O/c1-18(12(20)19-8-6-17-7-9-19)11-4-2-10(3-5-11)13(14,15)16/h2-5,17H,6-9H2,1H3. The summed E-state index contributed by atoms with van der Waals surface area (Å²) in [5, 5.41) is 3.13. The van der Waals surface area contributed by atoms with E-state index in [0.29, 0.717) is 18.8 Å². The van der Waals surface area contributed by atoms with Crippen molar-refractivity contribution < 1.29 is 18.0 Å². The number of hydrogen-bond donors (Lipinski definition) is 1. The van der Waals surface area contributed by atoms with E-state index in [9.17, 15) is 18.0 Å². The van der Waals surface area contributed by atoms with Gasteiger partial charge in [-0.25, -0.2) is 4.79 Å². The van der Waals surface area contributed by atoms with Crippen molar-refractivity contribution in [2.45, 2.75) is 6.18 Å². The Morgan fingerprint density at radius 3 is 2.25 bits per heavy atom. The molecule has 1 saturated heterocycles. The molecular weight excluding hydrogens is 271 g/mol. The monoisotopic (exact) mass is 287 g/mol. The molecule has 1 aliphatic heterocycles. The molecule has 2 rings (SSSR count). The molecule has 0 aliphatic carbocycles. The normalized spacial score (nSPS) is 16.1. The van der Waals surface area contributed by atoms with E-state index < -0.39 is 11.7 Å². The van der Waals surface area contributed by atoms with E-state index >= 15 is 0 Å². The maximum Gasteiger partial charge on any atom is 0.416 e. The van der Waals surface area contributed by atoms with Crippen LogP contribution >= 0.6 is 0 Å². The highest BCUT2D eigenvalue weighted by molar-refractivity contribution is 5.91. The largest absolute Gasteiger partial charge is 0.416 e. The molecule has 0 atom stereocenters. The Hall–Kier alpha value is -1.76. The summed E-state index contributed by atoms with van der Waals surface area (Å²) in [7, 11) is 1.56. The smallest absolute Gasteiger partial charge is 0.322 e. The number of amides is 2. The van der Waals surface area contributed by atoms with E-state index in [-0.39, 0.29) is 6.03 Å². The summed E-state index contributed by atoms with van der Waals surface area (Å²) in [6.07, 6.45) is -4.36. The van der Waals surface area contributed by atoms with Crippen LogP contribution in [0.4, 0.5) is 23.7 Å². The van der Waals surface area contributed by atoms with Gasteiger partial charge in [0.1, 0.15) is 0 Å². The van der Waals surface area contributed by atoms with Crippen LogP contribution < -0.4 is 10.2 Å². The van der Waals surface area contributed by atoms with Gasteiger partial charge in [-0.1, -0.05) is 0 Å². The zero-order valence-corrected chi connectivity index (χ0v) is 11.1. The SMILES string of the molecule is CN(C(=O)N1CCNCC1)c1ccc(C(F)(F)F)cc1. The second kappa shape index (κ2) is 5.70. The Bertz CT molecular complexity index is 467. The summed E-state index contributed by atoms with van der Waals surface area (Å²) in [5.74, 6) is 0. The van der Waals surface area contributed by atoms with E-state index in [0.717, 1.165) is 25.2 Å². The van der Waals surface area contributed by atoms with E-state index in [4.69, 9.17) is 0 Å². The summed E-state index contributed by atoms with van der Waals surface area (Å²) in [6.45, 7) is 2.66. The van der Waals surface area contributed by atoms with E-state index in [1.54, 1.807) is 11.9 Å². The minimum Gasteiger partial charge on any atom is -0.322 e. The Labute approximate surface area is 115 Å². The molecule has 0 unspecified atom stereocenters. The Morgan fingerprint density at radius 2 is 1.75 bits per heavy atom. The first-order valence-electron chi connectivity index (χ1n) is 6.30. The lowest BCUT2D eigenvalue weighted by molar-refractivity contribution is -0.137. The minimum atomic E-state index is -4.36. The third-order valence-electron chi connectivity index (χ3n) is 3.26. The van der Waals surface area contributed by atoms with Crippen LogP contribution in [0.2, 0.25) is 0 Å². The lowest BCUT2D eigenvalue weighted by atomic mass is 10.2. The van der Waals surface area contributed by atoms with Gasteiger partial charge in [0, 0.05) is 38.9 Å². The van der Waals surface area contributed by atoms with Gasteiger partial charge in [-0.3, -0.25) is 4.90 Å². The van der Waals surface area contributed by atoms with E-state index in [2.05, 4.69) is 5.32 Å². The predicted octanol–water partition coefficient (Wildman–Crippen LogP) is 2.17. The number of halogens is 3. The predicted molar refractivity (Wildman–Crippen MR) is 69.7 cm³/mol. The maximum absolute atomic E-state index is 12.5. The van der Waals surface area contributed by atoms with E-state index in [1.165, 1.54) is 17.0 Å². The van der Waals surface area contributed by atoms with Crippen LogP contribution in [0.25, 0.3) is 0 Å². The number of anilines is 1. The molecule has 0 aromatic heterocycles. The molecule has 0 radical (unpaired) electrons. The van der Waals surface area contributed by atoms with Crippen LogP contribution in [-0.4, -0.2) is 44.2 Å². The summed E-state index contributed by atoms with van der Waals surface area (Å²) in [4.78, 5) is 15.2. The minimum absolute atomic E-state index is 0.203. The van der Waals surface area contributed by atoms with Gasteiger partial charge in [0.05, 0.1) is 5.56 Å². The van der Waals surface area contributed by atoms with Crippen LogP contribution in [-0.2, 0) is 6.18 Å². The molecule has 1 fully saturated rings. The molecule has 1 heterocycles. The second-order valence-electron chi connectivity index (χ2n) is 4.62. The number of carbonyl (C=O) groups is 1. The summed E-state index contributed by atoms with van der Waals surface area (Å²) in [6, 6.07) is 4.38. The molecule has 4 nitrogen and oxygen atoms in total. The van der Waals surface area contributed by atoms with Crippen LogP contribution in [0.5, 0.6) is 0 Å². The van der Waals surface area contributed by atoms with Crippen molar-refractivity contribution in [3.63, 3.8) is 0 Å². The highest BCUT2D eigenvalue weighted by Crippen LogP contribution is 2.30. The van der Waals surface area contributed by atoms with Crippen LogP contribution in [0.3, 0.4) is 0 Å². The molecule has 0 saturated carbocycles.